The fourth-order valence-corrected chi connectivity index (χ4v) is 5.67. The number of hydrogen-bond acceptors (Lipinski definition) is 6. The summed E-state index contributed by atoms with van der Waals surface area (Å²) in [5.41, 5.74) is 4.60. The van der Waals surface area contributed by atoms with Crippen LogP contribution in [0.3, 0.4) is 0 Å². The summed E-state index contributed by atoms with van der Waals surface area (Å²) in [5.74, 6) is 2.11. The van der Waals surface area contributed by atoms with Crippen LogP contribution in [0.2, 0.25) is 0 Å². The molecule has 0 aromatic heterocycles. The normalized spacial score (nSPS) is 12.8. The minimum absolute atomic E-state index is 0.00302. The van der Waals surface area contributed by atoms with Crippen LogP contribution in [0.5, 0.6) is 17.2 Å². The van der Waals surface area contributed by atoms with Crippen LogP contribution < -0.4 is 14.2 Å². The zero-order valence-electron chi connectivity index (χ0n) is 24.5. The zero-order valence-corrected chi connectivity index (χ0v) is 24.5. The zero-order chi connectivity index (χ0) is 30.8. The van der Waals surface area contributed by atoms with Crippen molar-refractivity contribution >= 4 is 33.3 Å². The maximum absolute atomic E-state index is 8.76. The lowest BCUT2D eigenvalue weighted by Crippen LogP contribution is -2.31. The Bertz CT molecular complexity index is 1980. The summed E-state index contributed by atoms with van der Waals surface area (Å²) in [4.78, 5) is 0. The molecule has 1 aliphatic rings. The molecule has 0 aliphatic carbocycles. The monoisotopic (exact) mass is 590 g/mol. The summed E-state index contributed by atoms with van der Waals surface area (Å²) in [6.07, 6.45) is 0.831. The van der Waals surface area contributed by atoms with Gasteiger partial charge in [-0.25, -0.2) is 0 Å². The van der Waals surface area contributed by atoms with Crippen molar-refractivity contribution in [2.75, 3.05) is 13.2 Å². The molecule has 0 unspecified atom stereocenters. The summed E-state index contributed by atoms with van der Waals surface area (Å²) in [6, 6.07) is 39.9. The van der Waals surface area contributed by atoms with Gasteiger partial charge in [-0.2, -0.15) is 0 Å². The van der Waals surface area contributed by atoms with Gasteiger partial charge in [0.2, 0.25) is 11.8 Å². The lowest BCUT2D eigenvalue weighted by atomic mass is 9.92. The minimum atomic E-state index is -0.518. The van der Waals surface area contributed by atoms with E-state index in [1.165, 1.54) is 6.08 Å². The Labute approximate surface area is 261 Å². The van der Waals surface area contributed by atoms with Gasteiger partial charge in [0.05, 0.1) is 0 Å². The number of hydrogen-bond donors (Lipinski definition) is 2. The quantitative estimate of drug-likeness (QED) is 0.155. The van der Waals surface area contributed by atoms with Crippen LogP contribution in [-0.4, -0.2) is 31.1 Å². The number of benzene rings is 6. The van der Waals surface area contributed by atoms with Gasteiger partial charge in [-0.1, -0.05) is 91.5 Å². The molecule has 7 rings (SSSR count). The summed E-state index contributed by atoms with van der Waals surface area (Å²) < 4.78 is 24.5. The lowest BCUT2D eigenvalue weighted by molar-refractivity contribution is 0.0740. The third-order valence-corrected chi connectivity index (χ3v) is 7.91. The van der Waals surface area contributed by atoms with E-state index in [0.717, 1.165) is 55.3 Å². The first kappa shape index (κ1) is 27.9. The van der Waals surface area contributed by atoms with Crippen LogP contribution in [0.15, 0.2) is 134 Å². The first-order valence-electron chi connectivity index (χ1n) is 14.7. The van der Waals surface area contributed by atoms with Gasteiger partial charge in [0.15, 0.2) is 6.10 Å². The number of rotatable bonds is 5. The van der Waals surface area contributed by atoms with E-state index in [9.17, 15) is 0 Å². The molecule has 0 bridgehead atoms. The number of nitrogens with one attached hydrogen (secondary N) is 2. The molecular weight excluding hydrogens is 560 g/mol. The second kappa shape index (κ2) is 12.0. The van der Waals surface area contributed by atoms with Gasteiger partial charge in [-0.15, -0.1) is 0 Å². The van der Waals surface area contributed by atoms with Gasteiger partial charge < -0.3 is 18.9 Å². The largest absolute Gasteiger partial charge is 0.489 e. The van der Waals surface area contributed by atoms with Crippen molar-refractivity contribution in [1.29, 1.82) is 10.8 Å². The maximum atomic E-state index is 8.76. The van der Waals surface area contributed by atoms with Gasteiger partial charge >= 0.3 is 0 Å². The van der Waals surface area contributed by atoms with E-state index in [2.05, 4.69) is 43.0 Å². The highest BCUT2D eigenvalue weighted by Crippen LogP contribution is 2.46. The summed E-state index contributed by atoms with van der Waals surface area (Å²) in [7, 11) is 0. The van der Waals surface area contributed by atoms with Crippen molar-refractivity contribution in [3.8, 4) is 39.5 Å². The Morgan fingerprint density at radius 1 is 0.644 bits per heavy atom. The van der Waals surface area contributed by atoms with Crippen LogP contribution in [0.25, 0.3) is 43.8 Å². The van der Waals surface area contributed by atoms with Gasteiger partial charge in [0, 0.05) is 16.7 Å². The van der Waals surface area contributed by atoms with Crippen LogP contribution >= 0.6 is 0 Å². The van der Waals surface area contributed by atoms with E-state index in [-0.39, 0.29) is 25.0 Å². The third kappa shape index (κ3) is 5.61. The molecule has 6 aromatic carbocycles. The van der Waals surface area contributed by atoms with E-state index in [1.807, 2.05) is 84.9 Å². The molecule has 220 valence electrons. The smallest absolute Gasteiger partial charge is 0.213 e. The van der Waals surface area contributed by atoms with Crippen molar-refractivity contribution in [3.63, 3.8) is 0 Å². The Balaban J connectivity index is 1.14. The topological polar surface area (TPSA) is 84.6 Å². The first-order chi connectivity index (χ1) is 22.1. The average molecular weight is 591 g/mol. The van der Waals surface area contributed by atoms with Crippen LogP contribution in [0, 0.1) is 10.8 Å². The molecule has 0 radical (unpaired) electrons. The molecule has 0 saturated heterocycles. The van der Waals surface area contributed by atoms with Gasteiger partial charge in [-0.3, -0.25) is 10.8 Å². The van der Waals surface area contributed by atoms with E-state index in [4.69, 9.17) is 29.8 Å². The van der Waals surface area contributed by atoms with Crippen LogP contribution in [0.4, 0.5) is 0 Å². The van der Waals surface area contributed by atoms with Crippen molar-refractivity contribution in [2.45, 2.75) is 6.10 Å². The van der Waals surface area contributed by atoms with Gasteiger partial charge in [0.1, 0.15) is 30.5 Å². The molecule has 1 aliphatic heterocycles. The third-order valence-electron chi connectivity index (χ3n) is 7.91. The molecule has 0 fully saturated rings. The predicted molar refractivity (Wildman–Crippen MR) is 180 cm³/mol. The Morgan fingerprint density at radius 3 is 1.69 bits per heavy atom. The summed E-state index contributed by atoms with van der Waals surface area (Å²) >= 11 is 0. The number of fused-ring (bicyclic) bond motifs is 7. The standard InChI is InChI=1S/C39H30N2O4/c1-2-36(40)44-30-19-15-26(16-20-30)25-11-13-29(14-12-25)39(41)45-31-23-42-34-21-17-27-7-3-5-9-32(27)37(34)38-33-10-6-4-8-28(33)18-22-35(38)43-24-31/h2-22,31,40-41H,1,23-24H2. The molecule has 1 heterocycles. The Hall–Kier alpha value is -5.88. The van der Waals surface area contributed by atoms with E-state index < -0.39 is 6.10 Å². The second-order valence-corrected chi connectivity index (χ2v) is 10.8. The molecule has 0 atom stereocenters. The molecule has 6 aromatic rings. The lowest BCUT2D eigenvalue weighted by Gasteiger charge is -2.20. The van der Waals surface area contributed by atoms with Crippen molar-refractivity contribution in [1.82, 2.24) is 0 Å². The minimum Gasteiger partial charge on any atom is -0.489 e. The fraction of sp³-hybridized carbons (Fsp3) is 0.0769. The second-order valence-electron chi connectivity index (χ2n) is 10.8. The molecule has 0 amide bonds. The van der Waals surface area contributed by atoms with E-state index in [0.29, 0.717) is 11.3 Å². The van der Waals surface area contributed by atoms with Crippen LogP contribution in [0.1, 0.15) is 5.56 Å². The Kier molecular flexibility index (Phi) is 7.46. The van der Waals surface area contributed by atoms with E-state index >= 15 is 0 Å². The van der Waals surface area contributed by atoms with Crippen LogP contribution in [-0.2, 0) is 4.74 Å². The molecule has 6 nitrogen and oxygen atoms in total. The average Bonchev–Trinajstić information content (AvgIpc) is 3.16. The molecular formula is C39H30N2O4. The summed E-state index contributed by atoms with van der Waals surface area (Å²) in [5, 5.41) is 20.8. The number of ether oxygens (including phenoxy) is 4. The van der Waals surface area contributed by atoms with Gasteiger partial charge in [-0.05, 0) is 75.1 Å². The fourth-order valence-electron chi connectivity index (χ4n) is 5.67. The molecule has 0 spiro atoms. The highest BCUT2D eigenvalue weighted by molar-refractivity contribution is 6.09. The van der Waals surface area contributed by atoms with Crippen molar-refractivity contribution in [2.24, 2.45) is 0 Å². The molecule has 6 heteroatoms. The highest BCUT2D eigenvalue weighted by atomic mass is 16.6. The predicted octanol–water partition coefficient (Wildman–Crippen LogP) is 9.05. The van der Waals surface area contributed by atoms with Crippen molar-refractivity contribution in [3.05, 3.63) is 140 Å². The Morgan fingerprint density at radius 2 is 1.16 bits per heavy atom. The van der Waals surface area contributed by atoms with Crippen molar-refractivity contribution < 1.29 is 18.9 Å². The maximum Gasteiger partial charge on any atom is 0.213 e. The molecule has 45 heavy (non-hydrogen) atoms. The highest BCUT2D eigenvalue weighted by Gasteiger charge is 2.24. The van der Waals surface area contributed by atoms with Gasteiger partial charge in [0.25, 0.3) is 0 Å². The summed E-state index contributed by atoms with van der Waals surface area (Å²) in [6.45, 7) is 3.98. The molecule has 0 saturated carbocycles. The van der Waals surface area contributed by atoms with E-state index in [1.54, 1.807) is 0 Å². The molecule has 2 N–H and O–H groups in total. The first-order valence-corrected chi connectivity index (χ1v) is 14.7. The SMILES string of the molecule is C=CC(=N)Oc1ccc(-c2ccc(C(=N)OC3COc4ccc5ccccc5c4-c4c(ccc5ccccc45)OC3)cc2)cc1.